The van der Waals surface area contributed by atoms with Gasteiger partial charge in [0.2, 0.25) is 0 Å². The highest BCUT2D eigenvalue weighted by Gasteiger charge is 2.32. The first-order valence-electron chi connectivity index (χ1n) is 6.08. The summed E-state index contributed by atoms with van der Waals surface area (Å²) < 4.78 is 0. The van der Waals surface area contributed by atoms with Crippen LogP contribution in [0.4, 0.5) is 0 Å². The molecule has 1 aromatic rings. The normalized spacial score (nSPS) is 19.0. The summed E-state index contributed by atoms with van der Waals surface area (Å²) >= 11 is 0. The van der Waals surface area contributed by atoms with Crippen molar-refractivity contribution in [1.82, 2.24) is 0 Å². The second-order valence-electron chi connectivity index (χ2n) is 4.77. The minimum Gasteiger partial charge on any atom is -0.330 e. The average molecular weight is 213 g/mol. The van der Waals surface area contributed by atoms with E-state index in [0.29, 0.717) is 0 Å². The van der Waals surface area contributed by atoms with Gasteiger partial charge in [0.05, 0.1) is 0 Å². The molecule has 1 nitrogen and oxygen atoms in total. The molecule has 0 bridgehead atoms. The quantitative estimate of drug-likeness (QED) is 0.751. The molecule has 84 valence electrons. The van der Waals surface area contributed by atoms with Gasteiger partial charge in [0.1, 0.15) is 0 Å². The summed E-state index contributed by atoms with van der Waals surface area (Å²) in [5.41, 5.74) is 8.50. The summed E-state index contributed by atoms with van der Waals surface area (Å²) in [5, 5.41) is 0. The van der Waals surface area contributed by atoms with E-state index in [0.717, 1.165) is 12.1 Å². The molecule has 2 rings (SSSR count). The zero-order chi connectivity index (χ0) is 11.4. The molecule has 0 aromatic heterocycles. The summed E-state index contributed by atoms with van der Waals surface area (Å²) in [5.74, 6) is 2.71. The summed E-state index contributed by atoms with van der Waals surface area (Å²) in [6.07, 6.45) is 11.8. The average Bonchev–Trinajstić information content (AvgIpc) is 2.39. The lowest BCUT2D eigenvalue weighted by Gasteiger charge is -2.37. The predicted molar refractivity (Wildman–Crippen MR) is 68.2 cm³/mol. The zero-order valence-electron chi connectivity index (χ0n) is 9.71. The van der Waals surface area contributed by atoms with Crippen LogP contribution in [0, 0.1) is 12.3 Å². The van der Waals surface area contributed by atoms with Crippen molar-refractivity contribution >= 4 is 0 Å². The number of terminal acetylenes is 1. The molecule has 2 N–H and O–H groups in total. The third-order valence-corrected chi connectivity index (χ3v) is 3.84. The Bertz CT molecular complexity index is 394. The minimum atomic E-state index is 0.186. The lowest BCUT2D eigenvalue weighted by molar-refractivity contribution is 0.301. The smallest absolute Gasteiger partial charge is 0.0245 e. The molecule has 1 aromatic carbocycles. The highest BCUT2D eigenvalue weighted by Crippen LogP contribution is 2.38. The minimum absolute atomic E-state index is 0.186. The summed E-state index contributed by atoms with van der Waals surface area (Å²) in [6, 6.07) is 8.35. The van der Waals surface area contributed by atoms with Crippen molar-refractivity contribution in [2.45, 2.75) is 37.5 Å². The third-order valence-electron chi connectivity index (χ3n) is 3.84. The van der Waals surface area contributed by atoms with Gasteiger partial charge in [-0.25, -0.2) is 0 Å². The summed E-state index contributed by atoms with van der Waals surface area (Å²) in [4.78, 5) is 0. The number of hydrogen-bond acceptors (Lipinski definition) is 1. The molecule has 0 atom stereocenters. The van der Waals surface area contributed by atoms with Crippen LogP contribution >= 0.6 is 0 Å². The Morgan fingerprint density at radius 3 is 2.62 bits per heavy atom. The van der Waals surface area contributed by atoms with Gasteiger partial charge >= 0.3 is 0 Å². The molecule has 1 aliphatic carbocycles. The number of nitrogens with two attached hydrogens (primary N) is 1. The molecule has 16 heavy (non-hydrogen) atoms. The Morgan fingerprint density at radius 1 is 1.25 bits per heavy atom. The Balaban J connectivity index is 2.35. The predicted octanol–water partition coefficient (Wildman–Crippen LogP) is 2.83. The second-order valence-corrected chi connectivity index (χ2v) is 4.77. The molecular formula is C15H19N. The van der Waals surface area contributed by atoms with Crippen LogP contribution < -0.4 is 5.73 Å². The van der Waals surface area contributed by atoms with Crippen molar-refractivity contribution in [1.29, 1.82) is 0 Å². The van der Waals surface area contributed by atoms with E-state index >= 15 is 0 Å². The molecule has 0 unspecified atom stereocenters. The molecule has 0 aliphatic heterocycles. The molecule has 0 heterocycles. The first kappa shape index (κ1) is 11.2. The van der Waals surface area contributed by atoms with Gasteiger partial charge in [0.25, 0.3) is 0 Å². The Labute approximate surface area is 98.0 Å². The fraction of sp³-hybridized carbons (Fsp3) is 0.467. The Kier molecular flexibility index (Phi) is 3.31. The van der Waals surface area contributed by atoms with Gasteiger partial charge in [-0.05, 0) is 30.5 Å². The largest absolute Gasteiger partial charge is 0.330 e. The molecule has 1 aliphatic rings. The maximum Gasteiger partial charge on any atom is 0.0245 e. The SMILES string of the molecule is C#Cc1cccc(C2(CN)CCCCC2)c1. The van der Waals surface area contributed by atoms with Crippen LogP contribution in [0.5, 0.6) is 0 Å². The summed E-state index contributed by atoms with van der Waals surface area (Å²) in [6.45, 7) is 0.737. The van der Waals surface area contributed by atoms with E-state index in [9.17, 15) is 0 Å². The van der Waals surface area contributed by atoms with Crippen molar-refractivity contribution in [3.05, 3.63) is 35.4 Å². The highest BCUT2D eigenvalue weighted by atomic mass is 14.6. The van der Waals surface area contributed by atoms with E-state index in [1.165, 1.54) is 37.7 Å². The van der Waals surface area contributed by atoms with Crippen LogP contribution in [-0.4, -0.2) is 6.54 Å². The van der Waals surface area contributed by atoms with E-state index in [1.807, 2.05) is 6.07 Å². The summed E-state index contributed by atoms with van der Waals surface area (Å²) in [7, 11) is 0. The number of hydrogen-bond donors (Lipinski definition) is 1. The first-order chi connectivity index (χ1) is 7.80. The van der Waals surface area contributed by atoms with Crippen LogP contribution in [0.25, 0.3) is 0 Å². The van der Waals surface area contributed by atoms with E-state index in [2.05, 4.69) is 24.1 Å². The van der Waals surface area contributed by atoms with Gasteiger partial charge in [-0.15, -0.1) is 6.42 Å². The lowest BCUT2D eigenvalue weighted by Crippen LogP contribution is -2.37. The number of benzene rings is 1. The maximum atomic E-state index is 6.01. The van der Waals surface area contributed by atoms with Crippen molar-refractivity contribution < 1.29 is 0 Å². The van der Waals surface area contributed by atoms with Gasteiger partial charge in [0.15, 0.2) is 0 Å². The molecule has 1 heteroatoms. The topological polar surface area (TPSA) is 26.0 Å². The van der Waals surface area contributed by atoms with E-state index in [1.54, 1.807) is 0 Å². The van der Waals surface area contributed by atoms with Gasteiger partial charge in [-0.1, -0.05) is 37.3 Å². The van der Waals surface area contributed by atoms with Crippen LogP contribution in [0.3, 0.4) is 0 Å². The van der Waals surface area contributed by atoms with Crippen molar-refractivity contribution in [3.8, 4) is 12.3 Å². The van der Waals surface area contributed by atoms with Crippen molar-refractivity contribution in [2.75, 3.05) is 6.54 Å². The van der Waals surface area contributed by atoms with Crippen LogP contribution in [-0.2, 0) is 5.41 Å². The molecule has 1 saturated carbocycles. The molecular weight excluding hydrogens is 194 g/mol. The Morgan fingerprint density at radius 2 is 2.00 bits per heavy atom. The maximum absolute atomic E-state index is 6.01. The molecule has 0 amide bonds. The third kappa shape index (κ3) is 1.99. The number of rotatable bonds is 2. The standard InChI is InChI=1S/C15H19N/c1-2-13-7-6-8-14(11-13)15(12-16)9-4-3-5-10-15/h1,6-8,11H,3-5,9-10,12,16H2. The first-order valence-corrected chi connectivity index (χ1v) is 6.08. The van der Waals surface area contributed by atoms with Crippen molar-refractivity contribution in [3.63, 3.8) is 0 Å². The van der Waals surface area contributed by atoms with Crippen molar-refractivity contribution in [2.24, 2.45) is 5.73 Å². The molecule has 0 saturated heterocycles. The second kappa shape index (κ2) is 4.72. The van der Waals surface area contributed by atoms with Gasteiger partial charge in [-0.3, -0.25) is 0 Å². The van der Waals surface area contributed by atoms with Gasteiger partial charge in [-0.2, -0.15) is 0 Å². The van der Waals surface area contributed by atoms with E-state index in [4.69, 9.17) is 12.2 Å². The molecule has 0 spiro atoms. The van der Waals surface area contributed by atoms with Crippen LogP contribution in [0.1, 0.15) is 43.2 Å². The van der Waals surface area contributed by atoms with Crippen LogP contribution in [0.2, 0.25) is 0 Å². The fourth-order valence-electron chi connectivity index (χ4n) is 2.78. The monoisotopic (exact) mass is 213 g/mol. The molecule has 0 radical (unpaired) electrons. The Hall–Kier alpha value is -1.26. The van der Waals surface area contributed by atoms with Gasteiger partial charge in [0, 0.05) is 17.5 Å². The van der Waals surface area contributed by atoms with E-state index in [-0.39, 0.29) is 5.41 Å². The zero-order valence-corrected chi connectivity index (χ0v) is 9.71. The van der Waals surface area contributed by atoms with Gasteiger partial charge < -0.3 is 5.73 Å². The fourth-order valence-corrected chi connectivity index (χ4v) is 2.78. The van der Waals surface area contributed by atoms with Crippen LogP contribution in [0.15, 0.2) is 24.3 Å². The lowest BCUT2D eigenvalue weighted by atomic mass is 9.69. The highest BCUT2D eigenvalue weighted by molar-refractivity contribution is 5.39. The van der Waals surface area contributed by atoms with E-state index < -0.39 is 0 Å². The molecule has 1 fully saturated rings.